The first-order chi connectivity index (χ1) is 11.1. The average molecular weight is 363 g/mol. The first-order valence-electron chi connectivity index (χ1n) is 6.77. The third kappa shape index (κ3) is 4.16. The number of rotatable bonds is 5. The summed E-state index contributed by atoms with van der Waals surface area (Å²) in [4.78, 5) is -0.205. The second-order valence-electron chi connectivity index (χ2n) is 4.67. The van der Waals surface area contributed by atoms with Gasteiger partial charge in [0.1, 0.15) is 11.6 Å². The molecule has 9 heteroatoms. The van der Waals surface area contributed by atoms with Crippen LogP contribution in [0.15, 0.2) is 53.4 Å². The highest BCUT2D eigenvalue weighted by atomic mass is 32.2. The molecule has 2 aromatic carbocycles. The van der Waals surface area contributed by atoms with Gasteiger partial charge in [-0.25, -0.2) is 12.8 Å². The van der Waals surface area contributed by atoms with Gasteiger partial charge in [-0.3, -0.25) is 4.31 Å². The minimum Gasteiger partial charge on any atom is -0.406 e. The lowest BCUT2D eigenvalue weighted by atomic mass is 10.3. The predicted octanol–water partition coefficient (Wildman–Crippen LogP) is 3.94. The molecule has 0 N–H and O–H groups in total. The van der Waals surface area contributed by atoms with E-state index >= 15 is 0 Å². The van der Waals surface area contributed by atoms with Gasteiger partial charge in [0.25, 0.3) is 10.0 Å². The van der Waals surface area contributed by atoms with Crippen LogP contribution in [0.5, 0.6) is 5.75 Å². The van der Waals surface area contributed by atoms with E-state index in [4.69, 9.17) is 0 Å². The third-order valence-corrected chi connectivity index (χ3v) is 4.96. The lowest BCUT2D eigenvalue weighted by molar-refractivity contribution is -0.274. The second kappa shape index (κ2) is 6.68. The number of ether oxygens (including phenoxy) is 1. The molecule has 0 amide bonds. The standard InChI is InChI=1S/C15H13F4NO3S/c1-2-20(12-5-3-11(16)4-6-12)24(21,22)14-9-7-13(8-10-14)23-15(17,18)19/h3-10H,2H2,1H3. The molecule has 4 nitrogen and oxygen atoms in total. The Morgan fingerprint density at radius 1 is 1.00 bits per heavy atom. The maximum absolute atomic E-state index is 13.0. The van der Waals surface area contributed by atoms with Gasteiger partial charge in [-0.15, -0.1) is 13.2 Å². The molecule has 0 aliphatic heterocycles. The van der Waals surface area contributed by atoms with Gasteiger partial charge in [0.2, 0.25) is 0 Å². The summed E-state index contributed by atoms with van der Waals surface area (Å²) in [5, 5.41) is 0. The van der Waals surface area contributed by atoms with E-state index in [0.717, 1.165) is 40.7 Å². The molecule has 0 heterocycles. The van der Waals surface area contributed by atoms with Crippen LogP contribution in [0.3, 0.4) is 0 Å². The van der Waals surface area contributed by atoms with E-state index in [1.807, 2.05) is 0 Å². The lowest BCUT2D eigenvalue weighted by Gasteiger charge is -2.23. The molecular weight excluding hydrogens is 350 g/mol. The first-order valence-corrected chi connectivity index (χ1v) is 8.21. The van der Waals surface area contributed by atoms with E-state index in [9.17, 15) is 26.0 Å². The summed E-state index contributed by atoms with van der Waals surface area (Å²) in [6.07, 6.45) is -4.86. The first kappa shape index (κ1) is 18.1. The number of hydrogen-bond donors (Lipinski definition) is 0. The van der Waals surface area contributed by atoms with Crippen molar-refractivity contribution >= 4 is 15.7 Å². The van der Waals surface area contributed by atoms with Crippen LogP contribution < -0.4 is 9.04 Å². The number of alkyl halides is 3. The van der Waals surface area contributed by atoms with Crippen LogP contribution >= 0.6 is 0 Å². The molecule has 0 aliphatic rings. The molecule has 24 heavy (non-hydrogen) atoms. The smallest absolute Gasteiger partial charge is 0.406 e. The van der Waals surface area contributed by atoms with Gasteiger partial charge >= 0.3 is 6.36 Å². The Bertz CT molecular complexity index is 787. The van der Waals surface area contributed by atoms with Gasteiger partial charge in [0, 0.05) is 6.54 Å². The molecule has 0 saturated carbocycles. The van der Waals surface area contributed by atoms with Crippen LogP contribution in [0, 0.1) is 5.82 Å². The maximum Gasteiger partial charge on any atom is 0.573 e. The fraction of sp³-hybridized carbons (Fsp3) is 0.200. The van der Waals surface area contributed by atoms with Crippen LogP contribution in [-0.4, -0.2) is 21.3 Å². The Morgan fingerprint density at radius 3 is 2.00 bits per heavy atom. The van der Waals surface area contributed by atoms with E-state index in [0.29, 0.717) is 0 Å². The van der Waals surface area contributed by atoms with Crippen LogP contribution in [0.2, 0.25) is 0 Å². The van der Waals surface area contributed by atoms with Crippen LogP contribution in [-0.2, 0) is 10.0 Å². The molecule has 0 bridgehead atoms. The predicted molar refractivity (Wildman–Crippen MR) is 79.7 cm³/mol. The normalized spacial score (nSPS) is 12.0. The summed E-state index contributed by atoms with van der Waals surface area (Å²) in [7, 11) is -4.00. The zero-order valence-electron chi connectivity index (χ0n) is 12.4. The largest absolute Gasteiger partial charge is 0.573 e. The molecular formula is C15H13F4NO3S. The molecule has 0 aliphatic carbocycles. The molecule has 0 spiro atoms. The minimum atomic E-state index is -4.86. The Balaban J connectivity index is 2.32. The zero-order valence-corrected chi connectivity index (χ0v) is 13.2. The van der Waals surface area contributed by atoms with E-state index < -0.39 is 28.0 Å². The van der Waals surface area contributed by atoms with Crippen molar-refractivity contribution in [1.82, 2.24) is 0 Å². The topological polar surface area (TPSA) is 46.6 Å². The van der Waals surface area contributed by atoms with Crippen molar-refractivity contribution in [2.75, 3.05) is 10.8 Å². The molecule has 0 radical (unpaired) electrons. The van der Waals surface area contributed by atoms with E-state index in [2.05, 4.69) is 4.74 Å². The highest BCUT2D eigenvalue weighted by Gasteiger charge is 2.31. The molecule has 0 fully saturated rings. The number of halogens is 4. The Labute approximate surface area is 136 Å². The fourth-order valence-corrected chi connectivity index (χ4v) is 3.51. The van der Waals surface area contributed by atoms with Crippen molar-refractivity contribution in [3.8, 4) is 5.75 Å². The SMILES string of the molecule is CCN(c1ccc(F)cc1)S(=O)(=O)c1ccc(OC(F)(F)F)cc1. The Kier molecular flexibility index (Phi) is 5.02. The second-order valence-corrected chi connectivity index (χ2v) is 6.53. The van der Waals surface area contributed by atoms with Crippen molar-refractivity contribution in [3.05, 3.63) is 54.3 Å². The number of benzene rings is 2. The quantitative estimate of drug-likeness (QED) is 0.756. The summed E-state index contributed by atoms with van der Waals surface area (Å²) < 4.78 is 79.3. The van der Waals surface area contributed by atoms with Gasteiger partial charge in [0.15, 0.2) is 0 Å². The number of anilines is 1. The Hall–Kier alpha value is -2.29. The van der Waals surface area contributed by atoms with Gasteiger partial charge in [-0.05, 0) is 55.5 Å². The van der Waals surface area contributed by atoms with Gasteiger partial charge in [-0.2, -0.15) is 0 Å². The zero-order chi connectivity index (χ0) is 18.0. The average Bonchev–Trinajstić information content (AvgIpc) is 2.48. The number of nitrogens with zero attached hydrogens (tertiary/aromatic N) is 1. The monoisotopic (exact) mass is 363 g/mol. The van der Waals surface area contributed by atoms with Gasteiger partial charge in [0.05, 0.1) is 10.6 Å². The molecule has 2 aromatic rings. The molecule has 0 unspecified atom stereocenters. The maximum atomic E-state index is 13.0. The molecule has 2 rings (SSSR count). The van der Waals surface area contributed by atoms with E-state index in [-0.39, 0.29) is 17.1 Å². The third-order valence-electron chi connectivity index (χ3n) is 3.05. The van der Waals surface area contributed by atoms with Crippen LogP contribution in [0.1, 0.15) is 6.92 Å². The molecule has 0 atom stereocenters. The van der Waals surface area contributed by atoms with E-state index in [1.54, 1.807) is 6.92 Å². The van der Waals surface area contributed by atoms with Crippen molar-refractivity contribution in [1.29, 1.82) is 0 Å². The van der Waals surface area contributed by atoms with Crippen LogP contribution in [0.4, 0.5) is 23.2 Å². The van der Waals surface area contributed by atoms with Crippen molar-refractivity contribution in [2.24, 2.45) is 0 Å². The summed E-state index contributed by atoms with van der Waals surface area (Å²) in [6, 6.07) is 8.71. The van der Waals surface area contributed by atoms with E-state index in [1.165, 1.54) is 12.1 Å². The van der Waals surface area contributed by atoms with Gasteiger partial charge in [-0.1, -0.05) is 0 Å². The summed E-state index contributed by atoms with van der Waals surface area (Å²) in [5.74, 6) is -1.04. The van der Waals surface area contributed by atoms with Crippen LogP contribution in [0.25, 0.3) is 0 Å². The summed E-state index contributed by atoms with van der Waals surface area (Å²) >= 11 is 0. The highest BCUT2D eigenvalue weighted by molar-refractivity contribution is 7.92. The molecule has 130 valence electrons. The summed E-state index contributed by atoms with van der Waals surface area (Å²) in [5.41, 5.74) is 0.245. The fourth-order valence-electron chi connectivity index (χ4n) is 2.04. The van der Waals surface area contributed by atoms with Crippen molar-refractivity contribution in [2.45, 2.75) is 18.2 Å². The van der Waals surface area contributed by atoms with Crippen molar-refractivity contribution < 1.29 is 30.7 Å². The van der Waals surface area contributed by atoms with Gasteiger partial charge < -0.3 is 4.74 Å². The number of hydrogen-bond acceptors (Lipinski definition) is 3. The molecule has 0 saturated heterocycles. The highest BCUT2D eigenvalue weighted by Crippen LogP contribution is 2.27. The minimum absolute atomic E-state index is 0.0643. The lowest BCUT2D eigenvalue weighted by Crippen LogP contribution is -2.30. The Morgan fingerprint density at radius 2 is 1.54 bits per heavy atom. The molecule has 0 aromatic heterocycles. The van der Waals surface area contributed by atoms with Crippen molar-refractivity contribution in [3.63, 3.8) is 0 Å². The number of sulfonamides is 1. The summed E-state index contributed by atoms with van der Waals surface area (Å²) in [6.45, 7) is 1.65.